The van der Waals surface area contributed by atoms with Gasteiger partial charge in [0.25, 0.3) is 5.91 Å². The van der Waals surface area contributed by atoms with Crippen LogP contribution in [-0.4, -0.2) is 63.7 Å². The van der Waals surface area contributed by atoms with E-state index < -0.39 is 27.3 Å². The third-order valence-electron chi connectivity index (χ3n) is 10.4. The first-order valence-corrected chi connectivity index (χ1v) is 18.8. The fourth-order valence-corrected chi connectivity index (χ4v) is 8.72. The fourth-order valence-electron chi connectivity index (χ4n) is 7.44. The van der Waals surface area contributed by atoms with E-state index in [0.717, 1.165) is 62.2 Å². The Morgan fingerprint density at radius 2 is 2.09 bits per heavy atom. The maximum absolute atomic E-state index is 13.4. The van der Waals surface area contributed by atoms with Gasteiger partial charge in [-0.1, -0.05) is 49.2 Å². The van der Waals surface area contributed by atoms with Crippen LogP contribution in [0, 0.1) is 11.8 Å². The Kier molecular flexibility index (Phi) is 11.4. The van der Waals surface area contributed by atoms with Gasteiger partial charge in [0, 0.05) is 36.2 Å². The summed E-state index contributed by atoms with van der Waals surface area (Å²) in [5, 5.41) is 9.81. The van der Waals surface area contributed by atoms with Crippen LogP contribution >= 0.6 is 11.6 Å². The van der Waals surface area contributed by atoms with Gasteiger partial charge in [0.15, 0.2) is 0 Å². The summed E-state index contributed by atoms with van der Waals surface area (Å²) in [5.41, 5.74) is 3.21. The SMILES string of the molecule is C=CCC(O)C(C)S(=O)(=O)NC(=O)c1ccc2c(c1)N(C[C@@H]1CC[C@H]1C(/C=C/CCC)OC)C[C@@]1(CCCc3cc(Cl)ccc31)CO2. The summed E-state index contributed by atoms with van der Waals surface area (Å²) in [6.45, 7) is 9.04. The average Bonchev–Trinajstić information content (AvgIpc) is 3.18. The normalized spacial score (nSPS) is 24.3. The largest absolute Gasteiger partial charge is 0.490 e. The summed E-state index contributed by atoms with van der Waals surface area (Å²) in [4.78, 5) is 15.8. The molecule has 1 saturated carbocycles. The highest BCUT2D eigenvalue weighted by molar-refractivity contribution is 7.90. The summed E-state index contributed by atoms with van der Waals surface area (Å²) in [6, 6.07) is 11.3. The molecule has 2 aromatic carbocycles. The number of rotatable bonds is 13. The number of carbonyl (C=O) groups excluding carboxylic acids is 1. The van der Waals surface area contributed by atoms with Crippen molar-refractivity contribution in [3.8, 4) is 5.75 Å². The van der Waals surface area contributed by atoms with E-state index in [9.17, 15) is 18.3 Å². The Morgan fingerprint density at radius 1 is 1.28 bits per heavy atom. The first-order chi connectivity index (χ1) is 22.5. The van der Waals surface area contributed by atoms with Crippen LogP contribution in [-0.2, 0) is 26.6 Å². The van der Waals surface area contributed by atoms with Gasteiger partial charge in [-0.2, -0.15) is 0 Å². The molecule has 0 aromatic heterocycles. The number of ether oxygens (including phenoxy) is 2. The van der Waals surface area contributed by atoms with Gasteiger partial charge < -0.3 is 19.5 Å². The van der Waals surface area contributed by atoms with Crippen LogP contribution in [0.1, 0.15) is 80.3 Å². The number of hydrogen-bond donors (Lipinski definition) is 2. The number of benzene rings is 2. The molecule has 3 unspecified atom stereocenters. The first kappa shape index (κ1) is 35.5. The molecule has 2 aliphatic carbocycles. The number of methoxy groups -OCH3 is 1. The molecule has 10 heteroatoms. The molecule has 1 fully saturated rings. The van der Waals surface area contributed by atoms with Gasteiger partial charge in [0.1, 0.15) is 11.0 Å². The zero-order chi connectivity index (χ0) is 33.8. The minimum Gasteiger partial charge on any atom is -0.490 e. The highest BCUT2D eigenvalue weighted by Gasteiger charge is 2.44. The molecule has 3 aliphatic rings. The van der Waals surface area contributed by atoms with Crippen LogP contribution in [0.2, 0.25) is 5.02 Å². The number of amides is 1. The smallest absolute Gasteiger partial charge is 0.264 e. The van der Waals surface area contributed by atoms with E-state index in [1.165, 1.54) is 24.1 Å². The Bertz CT molecular complexity index is 1580. The van der Waals surface area contributed by atoms with Gasteiger partial charge in [-0.3, -0.25) is 4.79 Å². The number of allylic oxidation sites excluding steroid dienone is 1. The molecule has 1 aliphatic heterocycles. The van der Waals surface area contributed by atoms with E-state index in [1.54, 1.807) is 25.3 Å². The lowest BCUT2D eigenvalue weighted by Gasteiger charge is -2.46. The average molecular weight is 685 g/mol. The maximum Gasteiger partial charge on any atom is 0.264 e. The number of unbranched alkanes of at least 4 members (excludes halogenated alkanes) is 1. The van der Waals surface area contributed by atoms with Crippen LogP contribution in [0.5, 0.6) is 5.75 Å². The van der Waals surface area contributed by atoms with Gasteiger partial charge in [-0.15, -0.1) is 6.58 Å². The Hall–Kier alpha value is -2.85. The maximum atomic E-state index is 13.4. The number of halogens is 1. The zero-order valence-corrected chi connectivity index (χ0v) is 29.4. The van der Waals surface area contributed by atoms with Crippen molar-refractivity contribution in [1.29, 1.82) is 0 Å². The van der Waals surface area contributed by atoms with E-state index in [2.05, 4.69) is 47.4 Å². The standard InChI is InChI=1S/C37H49ClN2O6S/c1-5-7-8-12-34(45-4)30-16-13-28(30)22-40-23-37(19-9-11-26-20-29(38)15-17-31(26)37)24-46-35-18-14-27(21-32(35)40)36(42)39-47(43,44)25(3)33(41)10-6-2/h6,8,12,14-15,17-18,20-21,25,28,30,33-34,41H,2,5,7,9-11,13,16,19,22-24H2,1,3-4H3,(H,39,42)/b12-8+/t25?,28-,30+,33?,34?,37-/m0/s1. The zero-order valence-electron chi connectivity index (χ0n) is 27.8. The van der Waals surface area contributed by atoms with Crippen molar-refractivity contribution in [2.75, 3.05) is 31.7 Å². The minimum absolute atomic E-state index is 0.0373. The van der Waals surface area contributed by atoms with Gasteiger partial charge in [-0.05, 0) is 105 Å². The molecule has 0 bridgehead atoms. The van der Waals surface area contributed by atoms with Crippen molar-refractivity contribution >= 4 is 33.2 Å². The highest BCUT2D eigenvalue weighted by atomic mass is 35.5. The highest BCUT2D eigenvalue weighted by Crippen LogP contribution is 2.47. The molecule has 1 heterocycles. The molecule has 256 valence electrons. The van der Waals surface area contributed by atoms with Crippen LogP contribution in [0.25, 0.3) is 0 Å². The topological polar surface area (TPSA) is 105 Å². The number of fused-ring (bicyclic) bond motifs is 3. The minimum atomic E-state index is -4.15. The summed E-state index contributed by atoms with van der Waals surface area (Å²) in [6.07, 6.45) is 12.0. The lowest BCUT2D eigenvalue weighted by molar-refractivity contribution is 0.0132. The van der Waals surface area contributed by atoms with Crippen LogP contribution in [0.3, 0.4) is 0 Å². The number of nitrogens with one attached hydrogen (secondary N) is 1. The van der Waals surface area contributed by atoms with Crippen molar-refractivity contribution in [1.82, 2.24) is 4.72 Å². The summed E-state index contributed by atoms with van der Waals surface area (Å²) in [5.74, 6) is 0.657. The number of carbonyl (C=O) groups is 1. The lowest BCUT2D eigenvalue weighted by atomic mass is 9.68. The lowest BCUT2D eigenvalue weighted by Crippen LogP contribution is -2.49. The van der Waals surface area contributed by atoms with Crippen molar-refractivity contribution in [3.05, 3.63) is 82.9 Å². The second kappa shape index (κ2) is 15.1. The van der Waals surface area contributed by atoms with Crippen molar-refractivity contribution < 1.29 is 27.8 Å². The Morgan fingerprint density at radius 3 is 2.79 bits per heavy atom. The van der Waals surface area contributed by atoms with Gasteiger partial charge in [0.05, 0.1) is 24.5 Å². The van der Waals surface area contributed by atoms with Crippen molar-refractivity contribution in [2.45, 2.75) is 88.1 Å². The molecule has 2 aromatic rings. The number of anilines is 1. The summed E-state index contributed by atoms with van der Waals surface area (Å²) < 4.78 is 40.7. The number of nitrogens with zero attached hydrogens (tertiary/aromatic N) is 1. The van der Waals surface area contributed by atoms with E-state index in [4.69, 9.17) is 21.1 Å². The number of aliphatic hydroxyl groups is 1. The van der Waals surface area contributed by atoms with Crippen molar-refractivity contribution in [2.24, 2.45) is 11.8 Å². The van der Waals surface area contributed by atoms with Gasteiger partial charge in [-0.25, -0.2) is 13.1 Å². The molecule has 1 spiro atoms. The second-order valence-electron chi connectivity index (χ2n) is 13.5. The molecule has 6 atom stereocenters. The van der Waals surface area contributed by atoms with Gasteiger partial charge >= 0.3 is 0 Å². The van der Waals surface area contributed by atoms with E-state index in [0.29, 0.717) is 30.7 Å². The first-order valence-electron chi connectivity index (χ1n) is 16.9. The quantitative estimate of drug-likeness (QED) is 0.229. The fraction of sp³-hybridized carbons (Fsp3) is 0.541. The molecule has 0 saturated heterocycles. The van der Waals surface area contributed by atoms with E-state index in [-0.39, 0.29) is 23.5 Å². The van der Waals surface area contributed by atoms with Crippen LogP contribution in [0.4, 0.5) is 5.69 Å². The molecule has 2 N–H and O–H groups in total. The summed E-state index contributed by atoms with van der Waals surface area (Å²) in [7, 11) is -2.37. The molecular formula is C37H49ClN2O6S. The predicted octanol–water partition coefficient (Wildman–Crippen LogP) is 6.60. The predicted molar refractivity (Wildman–Crippen MR) is 188 cm³/mol. The molecule has 8 nitrogen and oxygen atoms in total. The second-order valence-corrected chi connectivity index (χ2v) is 16.0. The van der Waals surface area contributed by atoms with Gasteiger partial charge in [0.2, 0.25) is 10.0 Å². The van der Waals surface area contributed by atoms with Crippen LogP contribution < -0.4 is 14.4 Å². The number of aryl methyl sites for hydroxylation is 1. The molecule has 1 amide bonds. The molecule has 5 rings (SSSR count). The summed E-state index contributed by atoms with van der Waals surface area (Å²) >= 11 is 6.43. The number of hydrogen-bond acceptors (Lipinski definition) is 7. The van der Waals surface area contributed by atoms with E-state index in [1.807, 2.05) is 6.07 Å². The third-order valence-corrected chi connectivity index (χ3v) is 12.4. The molecule has 0 radical (unpaired) electrons. The Balaban J connectivity index is 1.48. The van der Waals surface area contributed by atoms with Crippen LogP contribution in [0.15, 0.2) is 61.2 Å². The number of aliphatic hydroxyl groups excluding tert-OH is 1. The Labute approximate surface area is 285 Å². The molecular weight excluding hydrogens is 636 g/mol. The molecule has 47 heavy (non-hydrogen) atoms. The van der Waals surface area contributed by atoms with Crippen molar-refractivity contribution in [3.63, 3.8) is 0 Å². The third kappa shape index (κ3) is 7.74. The van der Waals surface area contributed by atoms with E-state index >= 15 is 0 Å². The number of sulfonamides is 1. The monoisotopic (exact) mass is 684 g/mol.